The van der Waals surface area contributed by atoms with E-state index in [9.17, 15) is 4.39 Å². The normalized spacial score (nSPS) is 18.4. The van der Waals surface area contributed by atoms with Crippen molar-refractivity contribution in [3.05, 3.63) is 59.4 Å². The lowest BCUT2D eigenvalue weighted by Crippen LogP contribution is -2.47. The van der Waals surface area contributed by atoms with E-state index in [0.29, 0.717) is 6.04 Å². The van der Waals surface area contributed by atoms with Crippen LogP contribution in [0.1, 0.15) is 30.4 Å². The van der Waals surface area contributed by atoms with Crippen molar-refractivity contribution < 1.29 is 9.13 Å². The minimum atomic E-state index is -0.155. The van der Waals surface area contributed by atoms with Gasteiger partial charge >= 0.3 is 0 Å². The number of benzene rings is 2. The first-order chi connectivity index (χ1) is 13.2. The van der Waals surface area contributed by atoms with Crippen molar-refractivity contribution in [3.63, 3.8) is 0 Å². The first kappa shape index (κ1) is 18.3. The number of hydrogen-bond acceptors (Lipinski definition) is 3. The molecule has 2 aliphatic rings. The number of nitrogens with zero attached hydrogens (tertiary/aromatic N) is 2. The Hall–Kier alpha value is -2.07. The van der Waals surface area contributed by atoms with Gasteiger partial charge in [-0.15, -0.1) is 0 Å². The molecule has 0 aromatic heterocycles. The Morgan fingerprint density at radius 1 is 1.04 bits per heavy atom. The quantitative estimate of drug-likeness (QED) is 0.783. The van der Waals surface area contributed by atoms with Gasteiger partial charge < -0.3 is 14.5 Å². The number of hydrogen-bond donors (Lipinski definition) is 0. The molecule has 3 nitrogen and oxygen atoms in total. The Bertz CT molecular complexity index is 753. The third-order valence-corrected chi connectivity index (χ3v) is 6.07. The summed E-state index contributed by atoms with van der Waals surface area (Å²) in [5.74, 6) is 0.801. The molecule has 0 radical (unpaired) electrons. The predicted octanol–water partition coefficient (Wildman–Crippen LogP) is 4.29. The summed E-state index contributed by atoms with van der Waals surface area (Å²) in [5, 5.41) is 0. The predicted molar refractivity (Wildman–Crippen MR) is 108 cm³/mol. The molecule has 4 rings (SSSR count). The lowest BCUT2D eigenvalue weighted by molar-refractivity contribution is 0.210. The molecule has 2 aliphatic heterocycles. The van der Waals surface area contributed by atoms with Gasteiger partial charge in [0, 0.05) is 44.0 Å². The smallest absolute Gasteiger partial charge is 0.123 e. The summed E-state index contributed by atoms with van der Waals surface area (Å²) in [4.78, 5) is 5.18. The zero-order chi connectivity index (χ0) is 18.6. The van der Waals surface area contributed by atoms with Crippen LogP contribution in [0.2, 0.25) is 0 Å². The van der Waals surface area contributed by atoms with Gasteiger partial charge in [-0.25, -0.2) is 4.39 Å². The monoisotopic (exact) mass is 368 g/mol. The summed E-state index contributed by atoms with van der Waals surface area (Å²) < 4.78 is 18.5. The third kappa shape index (κ3) is 4.27. The largest absolute Gasteiger partial charge is 0.497 e. The van der Waals surface area contributed by atoms with Crippen LogP contribution >= 0.6 is 0 Å². The van der Waals surface area contributed by atoms with E-state index >= 15 is 0 Å². The Morgan fingerprint density at radius 3 is 2.56 bits per heavy atom. The zero-order valence-corrected chi connectivity index (χ0v) is 16.2. The molecule has 0 aliphatic carbocycles. The van der Waals surface area contributed by atoms with Gasteiger partial charge in [0.05, 0.1) is 7.11 Å². The summed E-state index contributed by atoms with van der Waals surface area (Å²) in [6.45, 7) is 4.49. The summed E-state index contributed by atoms with van der Waals surface area (Å²) in [7, 11) is 1.74. The van der Waals surface area contributed by atoms with E-state index in [-0.39, 0.29) is 5.82 Å². The number of ether oxygens (including phenoxy) is 1. The molecule has 0 amide bonds. The Morgan fingerprint density at radius 2 is 1.81 bits per heavy atom. The van der Waals surface area contributed by atoms with Gasteiger partial charge in [0.2, 0.25) is 0 Å². The summed E-state index contributed by atoms with van der Waals surface area (Å²) in [6.07, 6.45) is 5.82. The lowest BCUT2D eigenvalue weighted by Gasteiger charge is -2.42. The molecule has 0 unspecified atom stereocenters. The maximum atomic E-state index is 13.0. The first-order valence-electron chi connectivity index (χ1n) is 10.1. The third-order valence-electron chi connectivity index (χ3n) is 6.07. The highest BCUT2D eigenvalue weighted by Gasteiger charge is 2.28. The van der Waals surface area contributed by atoms with Gasteiger partial charge in [-0.2, -0.15) is 0 Å². The number of halogens is 1. The molecule has 2 aromatic carbocycles. The van der Waals surface area contributed by atoms with Crippen LogP contribution in [0, 0.1) is 5.82 Å². The standard InChI is InChI=1S/C23H29FN2O/c1-27-22-9-6-19-3-2-13-26(23(19)17-22)21-11-15-25(16-12-21)14-10-18-4-7-20(24)8-5-18/h4-9,17,21H,2-3,10-16H2,1H3. The molecule has 1 saturated heterocycles. The lowest BCUT2D eigenvalue weighted by atomic mass is 9.95. The van der Waals surface area contributed by atoms with Crippen molar-refractivity contribution in [3.8, 4) is 5.75 Å². The van der Waals surface area contributed by atoms with Crippen LogP contribution in [0.25, 0.3) is 0 Å². The SMILES string of the molecule is COc1ccc2c(c1)N(C1CCN(CCc3ccc(F)cc3)CC1)CCC2. The fourth-order valence-corrected chi connectivity index (χ4v) is 4.48. The molecule has 4 heteroatoms. The number of likely N-dealkylation sites (tertiary alicyclic amines) is 1. The van der Waals surface area contributed by atoms with Gasteiger partial charge in [-0.3, -0.25) is 0 Å². The fraction of sp³-hybridized carbons (Fsp3) is 0.478. The van der Waals surface area contributed by atoms with E-state index < -0.39 is 0 Å². The summed E-state index contributed by atoms with van der Waals surface area (Å²) in [5.41, 5.74) is 4.06. The number of anilines is 1. The molecule has 0 atom stereocenters. The number of rotatable bonds is 5. The summed E-state index contributed by atoms with van der Waals surface area (Å²) in [6, 6.07) is 14.1. The van der Waals surface area contributed by atoms with Crippen molar-refractivity contribution in [2.24, 2.45) is 0 Å². The maximum Gasteiger partial charge on any atom is 0.123 e. The summed E-state index contributed by atoms with van der Waals surface area (Å²) >= 11 is 0. The van der Waals surface area contributed by atoms with Crippen LogP contribution in [0.4, 0.5) is 10.1 Å². The minimum Gasteiger partial charge on any atom is -0.497 e. The molecular weight excluding hydrogens is 339 g/mol. The highest BCUT2D eigenvalue weighted by molar-refractivity contribution is 5.59. The van der Waals surface area contributed by atoms with Crippen molar-refractivity contribution in [1.29, 1.82) is 0 Å². The molecule has 2 heterocycles. The van der Waals surface area contributed by atoms with Gasteiger partial charge in [-0.05, 0) is 61.4 Å². The second-order valence-electron chi connectivity index (χ2n) is 7.74. The van der Waals surface area contributed by atoms with Crippen LogP contribution in [0.5, 0.6) is 5.75 Å². The molecule has 27 heavy (non-hydrogen) atoms. The van der Waals surface area contributed by atoms with Crippen LogP contribution in [0.3, 0.4) is 0 Å². The average molecular weight is 368 g/mol. The number of aryl methyl sites for hydroxylation is 1. The van der Waals surface area contributed by atoms with Crippen molar-refractivity contribution in [2.75, 3.05) is 38.2 Å². The molecular formula is C23H29FN2O. The van der Waals surface area contributed by atoms with Crippen LogP contribution in [-0.2, 0) is 12.8 Å². The molecule has 0 N–H and O–H groups in total. The maximum absolute atomic E-state index is 13.0. The number of methoxy groups -OCH3 is 1. The average Bonchev–Trinajstić information content (AvgIpc) is 2.73. The highest BCUT2D eigenvalue weighted by Crippen LogP contribution is 2.34. The topological polar surface area (TPSA) is 15.7 Å². The molecule has 0 saturated carbocycles. The van der Waals surface area contributed by atoms with E-state index in [1.165, 1.54) is 42.5 Å². The second-order valence-corrected chi connectivity index (χ2v) is 7.74. The van der Waals surface area contributed by atoms with Gasteiger partial charge in [0.1, 0.15) is 11.6 Å². The molecule has 0 bridgehead atoms. The molecule has 1 fully saturated rings. The molecule has 0 spiro atoms. The van der Waals surface area contributed by atoms with E-state index in [1.54, 1.807) is 19.2 Å². The van der Waals surface area contributed by atoms with Crippen molar-refractivity contribution in [2.45, 2.75) is 38.1 Å². The van der Waals surface area contributed by atoms with Crippen molar-refractivity contribution in [1.82, 2.24) is 4.90 Å². The van der Waals surface area contributed by atoms with E-state index in [0.717, 1.165) is 38.3 Å². The van der Waals surface area contributed by atoms with E-state index in [4.69, 9.17) is 4.74 Å². The number of fused-ring (bicyclic) bond motifs is 1. The first-order valence-corrected chi connectivity index (χ1v) is 10.1. The van der Waals surface area contributed by atoms with Gasteiger partial charge in [0.15, 0.2) is 0 Å². The Kier molecular flexibility index (Phi) is 5.63. The zero-order valence-electron chi connectivity index (χ0n) is 16.2. The van der Waals surface area contributed by atoms with E-state index in [2.05, 4.69) is 28.0 Å². The highest BCUT2D eigenvalue weighted by atomic mass is 19.1. The molecule has 2 aromatic rings. The Labute approximate surface area is 161 Å². The van der Waals surface area contributed by atoms with Gasteiger partial charge in [0.25, 0.3) is 0 Å². The molecule has 144 valence electrons. The number of piperidine rings is 1. The minimum absolute atomic E-state index is 0.155. The van der Waals surface area contributed by atoms with E-state index in [1.807, 2.05) is 12.1 Å². The van der Waals surface area contributed by atoms with Gasteiger partial charge in [-0.1, -0.05) is 18.2 Å². The van der Waals surface area contributed by atoms with Crippen molar-refractivity contribution >= 4 is 5.69 Å². The van der Waals surface area contributed by atoms with Crippen LogP contribution in [-0.4, -0.2) is 44.2 Å². The fourth-order valence-electron chi connectivity index (χ4n) is 4.48. The van der Waals surface area contributed by atoms with Crippen LogP contribution in [0.15, 0.2) is 42.5 Å². The Balaban J connectivity index is 1.34. The second kappa shape index (κ2) is 8.30. The van der Waals surface area contributed by atoms with Crippen LogP contribution < -0.4 is 9.64 Å².